The van der Waals surface area contributed by atoms with Gasteiger partial charge in [0.05, 0.1) is 17.4 Å². The van der Waals surface area contributed by atoms with Crippen LogP contribution in [0.5, 0.6) is 0 Å². The zero-order chi connectivity index (χ0) is 12.4. The van der Waals surface area contributed by atoms with Crippen LogP contribution in [-0.4, -0.2) is 4.98 Å². The summed E-state index contributed by atoms with van der Waals surface area (Å²) >= 11 is 5.14. The van der Waals surface area contributed by atoms with E-state index in [0.717, 1.165) is 20.9 Å². The summed E-state index contributed by atoms with van der Waals surface area (Å²) in [4.78, 5) is 5.59. The number of hydrogen-bond acceptors (Lipinski definition) is 4. The standard InChI is InChI=1S/C12H14BrN3S/c1-7-6-15-12(17-7)8(2)16-11-5-9(13)3-4-10(11)14/h3-6,8,16H,14H2,1-2H3. The molecule has 0 fully saturated rings. The number of nitrogens with one attached hydrogen (secondary N) is 1. The first kappa shape index (κ1) is 12.4. The Bertz CT molecular complexity index is 524. The summed E-state index contributed by atoms with van der Waals surface area (Å²) in [6.45, 7) is 4.14. The number of halogens is 1. The number of thiazole rings is 1. The van der Waals surface area contributed by atoms with E-state index in [1.807, 2.05) is 24.4 Å². The maximum atomic E-state index is 5.92. The highest BCUT2D eigenvalue weighted by atomic mass is 79.9. The van der Waals surface area contributed by atoms with E-state index < -0.39 is 0 Å². The lowest BCUT2D eigenvalue weighted by atomic mass is 10.2. The summed E-state index contributed by atoms with van der Waals surface area (Å²) in [5, 5.41) is 4.44. The van der Waals surface area contributed by atoms with Crippen molar-refractivity contribution in [3.05, 3.63) is 38.8 Å². The first-order chi connectivity index (χ1) is 8.06. The summed E-state index contributed by atoms with van der Waals surface area (Å²) in [5.41, 5.74) is 7.59. The molecule has 2 aromatic rings. The molecule has 0 bridgehead atoms. The van der Waals surface area contributed by atoms with Crippen molar-refractivity contribution in [1.82, 2.24) is 4.98 Å². The van der Waals surface area contributed by atoms with Crippen LogP contribution in [0, 0.1) is 6.92 Å². The molecule has 0 spiro atoms. The normalized spacial score (nSPS) is 12.4. The highest BCUT2D eigenvalue weighted by Gasteiger charge is 2.10. The topological polar surface area (TPSA) is 50.9 Å². The maximum absolute atomic E-state index is 5.92. The second-order valence-electron chi connectivity index (χ2n) is 3.91. The number of hydrogen-bond donors (Lipinski definition) is 2. The predicted molar refractivity (Wildman–Crippen MR) is 77.4 cm³/mol. The van der Waals surface area contributed by atoms with E-state index in [1.165, 1.54) is 4.88 Å². The van der Waals surface area contributed by atoms with Gasteiger partial charge in [0.1, 0.15) is 5.01 Å². The van der Waals surface area contributed by atoms with Crippen molar-refractivity contribution < 1.29 is 0 Å². The second-order valence-corrected chi connectivity index (χ2v) is 6.09. The molecule has 1 aromatic heterocycles. The smallest absolute Gasteiger partial charge is 0.115 e. The Morgan fingerprint density at radius 3 is 2.88 bits per heavy atom. The summed E-state index contributed by atoms with van der Waals surface area (Å²) in [5.74, 6) is 0. The second kappa shape index (κ2) is 5.06. The minimum Gasteiger partial charge on any atom is -0.397 e. The third-order valence-electron chi connectivity index (χ3n) is 2.40. The van der Waals surface area contributed by atoms with Gasteiger partial charge < -0.3 is 11.1 Å². The van der Waals surface area contributed by atoms with E-state index in [2.05, 4.69) is 40.1 Å². The van der Waals surface area contributed by atoms with Gasteiger partial charge in [-0.1, -0.05) is 15.9 Å². The Labute approximate surface area is 113 Å². The fourth-order valence-corrected chi connectivity index (χ4v) is 2.66. The first-order valence-electron chi connectivity index (χ1n) is 5.30. The molecular formula is C12H14BrN3S. The van der Waals surface area contributed by atoms with Crippen LogP contribution in [0.4, 0.5) is 11.4 Å². The number of anilines is 2. The Balaban J connectivity index is 2.18. The number of nitrogens with two attached hydrogens (primary N) is 1. The summed E-state index contributed by atoms with van der Waals surface area (Å²) in [6, 6.07) is 5.95. The lowest BCUT2D eigenvalue weighted by Gasteiger charge is -2.14. The molecule has 0 radical (unpaired) electrons. The van der Waals surface area contributed by atoms with Crippen LogP contribution in [0.3, 0.4) is 0 Å². The van der Waals surface area contributed by atoms with E-state index in [0.29, 0.717) is 0 Å². The van der Waals surface area contributed by atoms with Gasteiger partial charge in [0.15, 0.2) is 0 Å². The maximum Gasteiger partial charge on any atom is 0.115 e. The molecule has 17 heavy (non-hydrogen) atoms. The van der Waals surface area contributed by atoms with Crippen molar-refractivity contribution in [1.29, 1.82) is 0 Å². The van der Waals surface area contributed by atoms with Gasteiger partial charge in [0, 0.05) is 15.5 Å². The van der Waals surface area contributed by atoms with Crippen LogP contribution in [0.25, 0.3) is 0 Å². The average molecular weight is 312 g/mol. The fourth-order valence-electron chi connectivity index (χ4n) is 1.52. The molecule has 0 aliphatic rings. The number of rotatable bonds is 3. The average Bonchev–Trinajstić information content (AvgIpc) is 2.70. The van der Waals surface area contributed by atoms with Gasteiger partial charge >= 0.3 is 0 Å². The molecule has 1 unspecified atom stereocenters. The Morgan fingerprint density at radius 1 is 1.47 bits per heavy atom. The summed E-state index contributed by atoms with van der Waals surface area (Å²) in [7, 11) is 0. The quantitative estimate of drug-likeness (QED) is 0.843. The number of nitrogen functional groups attached to an aromatic ring is 1. The van der Waals surface area contributed by atoms with E-state index >= 15 is 0 Å². The Hall–Kier alpha value is -1.07. The molecule has 3 nitrogen and oxygen atoms in total. The van der Waals surface area contributed by atoms with Crippen LogP contribution in [-0.2, 0) is 0 Å². The van der Waals surface area contributed by atoms with Gasteiger partial charge in [0.25, 0.3) is 0 Å². The molecule has 0 amide bonds. The van der Waals surface area contributed by atoms with Crippen molar-refractivity contribution in [3.8, 4) is 0 Å². The molecule has 0 aliphatic carbocycles. The molecule has 0 aliphatic heterocycles. The number of nitrogens with zero attached hydrogens (tertiary/aromatic N) is 1. The molecule has 2 rings (SSSR count). The highest BCUT2D eigenvalue weighted by molar-refractivity contribution is 9.10. The third-order valence-corrected chi connectivity index (χ3v) is 3.99. The Kier molecular flexibility index (Phi) is 3.69. The van der Waals surface area contributed by atoms with Gasteiger partial charge in [-0.05, 0) is 32.0 Å². The first-order valence-corrected chi connectivity index (χ1v) is 6.91. The SMILES string of the molecule is Cc1cnc(C(C)Nc2cc(Br)ccc2N)s1. The van der Waals surface area contributed by atoms with Gasteiger partial charge in [-0.3, -0.25) is 0 Å². The third kappa shape index (κ3) is 2.98. The van der Waals surface area contributed by atoms with Crippen molar-refractivity contribution in [2.24, 2.45) is 0 Å². The van der Waals surface area contributed by atoms with Gasteiger partial charge in [-0.2, -0.15) is 0 Å². The zero-order valence-corrected chi connectivity index (χ0v) is 12.1. The molecule has 0 saturated heterocycles. The van der Waals surface area contributed by atoms with E-state index in [4.69, 9.17) is 5.73 Å². The predicted octanol–water partition coefficient (Wildman–Crippen LogP) is 3.97. The number of aryl methyl sites for hydroxylation is 1. The minimum absolute atomic E-state index is 0.158. The number of benzene rings is 1. The van der Waals surface area contributed by atoms with Gasteiger partial charge in [-0.15, -0.1) is 11.3 Å². The molecule has 0 saturated carbocycles. The van der Waals surface area contributed by atoms with E-state index in [-0.39, 0.29) is 6.04 Å². The van der Waals surface area contributed by atoms with Gasteiger partial charge in [0.2, 0.25) is 0 Å². The van der Waals surface area contributed by atoms with Crippen LogP contribution in [0.15, 0.2) is 28.9 Å². The van der Waals surface area contributed by atoms with Gasteiger partial charge in [-0.25, -0.2) is 4.98 Å². The van der Waals surface area contributed by atoms with Crippen molar-refractivity contribution in [2.75, 3.05) is 11.1 Å². The molecule has 5 heteroatoms. The van der Waals surface area contributed by atoms with Crippen molar-refractivity contribution in [2.45, 2.75) is 19.9 Å². The molecule has 1 heterocycles. The van der Waals surface area contributed by atoms with Crippen molar-refractivity contribution >= 4 is 38.6 Å². The van der Waals surface area contributed by atoms with Crippen LogP contribution in [0.2, 0.25) is 0 Å². The molecule has 1 atom stereocenters. The monoisotopic (exact) mass is 311 g/mol. The molecule has 1 aromatic carbocycles. The van der Waals surface area contributed by atoms with E-state index in [1.54, 1.807) is 11.3 Å². The Morgan fingerprint density at radius 2 is 2.24 bits per heavy atom. The zero-order valence-electron chi connectivity index (χ0n) is 9.70. The van der Waals surface area contributed by atoms with Crippen LogP contribution in [0.1, 0.15) is 22.9 Å². The highest BCUT2D eigenvalue weighted by Crippen LogP contribution is 2.28. The van der Waals surface area contributed by atoms with E-state index in [9.17, 15) is 0 Å². The number of aromatic nitrogens is 1. The minimum atomic E-state index is 0.158. The lowest BCUT2D eigenvalue weighted by Crippen LogP contribution is -2.07. The summed E-state index contributed by atoms with van der Waals surface area (Å²) < 4.78 is 1.01. The van der Waals surface area contributed by atoms with Crippen LogP contribution >= 0.6 is 27.3 Å². The largest absolute Gasteiger partial charge is 0.397 e. The van der Waals surface area contributed by atoms with Crippen molar-refractivity contribution in [3.63, 3.8) is 0 Å². The molecule has 90 valence electrons. The summed E-state index contributed by atoms with van der Waals surface area (Å²) in [6.07, 6.45) is 1.89. The lowest BCUT2D eigenvalue weighted by molar-refractivity contribution is 0.870. The fraction of sp³-hybridized carbons (Fsp3) is 0.250. The molecule has 3 N–H and O–H groups in total. The molecular weight excluding hydrogens is 298 g/mol. The van der Waals surface area contributed by atoms with Crippen LogP contribution < -0.4 is 11.1 Å².